The molecule has 0 atom stereocenters. The lowest BCUT2D eigenvalue weighted by molar-refractivity contribution is -0.384. The molecule has 0 fully saturated rings. The van der Waals surface area contributed by atoms with Crippen molar-refractivity contribution >= 4 is 11.9 Å². The molecule has 1 heterocycles. The van der Waals surface area contributed by atoms with Crippen LogP contribution in [0, 0.1) is 10.1 Å². The lowest BCUT2D eigenvalue weighted by Gasteiger charge is -1.84. The zero-order valence-electron chi connectivity index (χ0n) is 5.23. The van der Waals surface area contributed by atoms with Crippen LogP contribution in [0.4, 0.5) is 5.69 Å². The van der Waals surface area contributed by atoms with E-state index in [1.807, 2.05) is 0 Å². The zero-order chi connectivity index (χ0) is 7.56. The average Bonchev–Trinajstić information content (AvgIpc) is 2.34. The van der Waals surface area contributed by atoms with E-state index in [0.717, 1.165) is 0 Å². The van der Waals surface area contributed by atoms with Crippen molar-refractivity contribution in [3.8, 4) is 0 Å². The summed E-state index contributed by atoms with van der Waals surface area (Å²) in [6.45, 7) is 3.44. The van der Waals surface area contributed by atoms with Crippen molar-refractivity contribution in [2.75, 3.05) is 0 Å². The molecule has 10 heavy (non-hydrogen) atoms. The van der Waals surface area contributed by atoms with Gasteiger partial charge in [-0.05, 0) is 0 Å². The van der Waals surface area contributed by atoms with E-state index >= 15 is 0 Å². The molecule has 4 nitrogen and oxygen atoms in total. The predicted octanol–water partition coefficient (Wildman–Crippen LogP) is 1.50. The standard InChI is InChI=1S/C6H6N2O2/c1-2-7-4-3-6(5-7)8(9)10/h2-5H,1H2. The van der Waals surface area contributed by atoms with Crippen LogP contribution in [0.2, 0.25) is 0 Å². The van der Waals surface area contributed by atoms with Gasteiger partial charge in [-0.25, -0.2) is 0 Å². The number of aromatic nitrogens is 1. The van der Waals surface area contributed by atoms with Crippen LogP contribution in [0.25, 0.3) is 6.20 Å². The van der Waals surface area contributed by atoms with Gasteiger partial charge in [0.05, 0.1) is 11.1 Å². The molecule has 0 aliphatic rings. The Morgan fingerprint density at radius 3 is 2.80 bits per heavy atom. The summed E-state index contributed by atoms with van der Waals surface area (Å²) in [6, 6.07) is 1.42. The van der Waals surface area contributed by atoms with Crippen molar-refractivity contribution in [2.45, 2.75) is 0 Å². The monoisotopic (exact) mass is 138 g/mol. The van der Waals surface area contributed by atoms with E-state index in [0.29, 0.717) is 0 Å². The summed E-state index contributed by atoms with van der Waals surface area (Å²) < 4.78 is 1.53. The van der Waals surface area contributed by atoms with Gasteiger partial charge < -0.3 is 4.57 Å². The smallest absolute Gasteiger partial charge is 0.287 e. The average molecular weight is 138 g/mol. The number of hydrogen-bond acceptors (Lipinski definition) is 2. The molecule has 0 bridgehead atoms. The number of rotatable bonds is 2. The van der Waals surface area contributed by atoms with Gasteiger partial charge in [0.2, 0.25) is 0 Å². The molecule has 0 amide bonds. The SMILES string of the molecule is C=Cn1ccc([N+](=O)[O-])c1. The van der Waals surface area contributed by atoms with Crippen LogP contribution < -0.4 is 0 Å². The normalized spacial score (nSPS) is 9.20. The van der Waals surface area contributed by atoms with Crippen molar-refractivity contribution < 1.29 is 4.92 Å². The Morgan fingerprint density at radius 1 is 1.80 bits per heavy atom. The fraction of sp³-hybridized carbons (Fsp3) is 0. The molecule has 0 radical (unpaired) electrons. The second-order valence-electron chi connectivity index (χ2n) is 1.76. The summed E-state index contributed by atoms with van der Waals surface area (Å²) >= 11 is 0. The first-order valence-electron chi connectivity index (χ1n) is 2.68. The molecule has 52 valence electrons. The highest BCUT2D eigenvalue weighted by molar-refractivity contribution is 5.32. The molecule has 0 spiro atoms. The Morgan fingerprint density at radius 2 is 2.50 bits per heavy atom. The van der Waals surface area contributed by atoms with E-state index in [9.17, 15) is 10.1 Å². The third-order valence-corrected chi connectivity index (χ3v) is 1.12. The van der Waals surface area contributed by atoms with Crippen LogP contribution >= 0.6 is 0 Å². The number of hydrogen-bond donors (Lipinski definition) is 0. The minimum absolute atomic E-state index is 0.0832. The highest BCUT2D eigenvalue weighted by Crippen LogP contribution is 2.09. The van der Waals surface area contributed by atoms with Gasteiger partial charge in [-0.15, -0.1) is 0 Å². The van der Waals surface area contributed by atoms with E-state index in [4.69, 9.17) is 0 Å². The van der Waals surface area contributed by atoms with Gasteiger partial charge in [0, 0.05) is 18.5 Å². The minimum atomic E-state index is -0.444. The highest BCUT2D eigenvalue weighted by Gasteiger charge is 2.04. The first-order valence-corrected chi connectivity index (χ1v) is 2.68. The van der Waals surface area contributed by atoms with Crippen molar-refractivity contribution in [2.24, 2.45) is 0 Å². The zero-order valence-corrected chi connectivity index (χ0v) is 5.23. The number of nitro groups is 1. The fourth-order valence-corrected chi connectivity index (χ4v) is 0.623. The Bertz CT molecular complexity index is 264. The molecule has 0 N–H and O–H groups in total. The van der Waals surface area contributed by atoms with E-state index in [1.54, 1.807) is 6.20 Å². The van der Waals surface area contributed by atoms with E-state index in [1.165, 1.54) is 23.0 Å². The second kappa shape index (κ2) is 2.34. The molecular formula is C6H6N2O2. The summed E-state index contributed by atoms with van der Waals surface area (Å²) in [5.74, 6) is 0. The summed E-state index contributed by atoms with van der Waals surface area (Å²) in [5.41, 5.74) is 0.0832. The van der Waals surface area contributed by atoms with Gasteiger partial charge in [0.15, 0.2) is 0 Å². The summed E-state index contributed by atoms with van der Waals surface area (Å²) in [7, 11) is 0. The molecule has 1 rings (SSSR count). The van der Waals surface area contributed by atoms with Crippen molar-refractivity contribution in [1.29, 1.82) is 0 Å². The van der Waals surface area contributed by atoms with Crippen LogP contribution in [0.3, 0.4) is 0 Å². The first-order chi connectivity index (χ1) is 4.74. The summed E-state index contributed by atoms with van der Waals surface area (Å²) in [4.78, 5) is 9.64. The topological polar surface area (TPSA) is 48.1 Å². The molecule has 0 unspecified atom stereocenters. The molecule has 0 saturated heterocycles. The van der Waals surface area contributed by atoms with Crippen LogP contribution in [-0.4, -0.2) is 9.49 Å². The van der Waals surface area contributed by atoms with E-state index in [2.05, 4.69) is 6.58 Å². The van der Waals surface area contributed by atoms with E-state index in [-0.39, 0.29) is 5.69 Å². The van der Waals surface area contributed by atoms with Gasteiger partial charge in [-0.2, -0.15) is 0 Å². The minimum Gasteiger partial charge on any atom is -0.324 e. The van der Waals surface area contributed by atoms with Crippen LogP contribution in [0.15, 0.2) is 25.0 Å². The number of nitrogens with zero attached hydrogens (tertiary/aromatic N) is 2. The van der Waals surface area contributed by atoms with Crippen LogP contribution in [0.1, 0.15) is 0 Å². The highest BCUT2D eigenvalue weighted by atomic mass is 16.6. The third kappa shape index (κ3) is 1.05. The molecule has 0 aromatic carbocycles. The maximum atomic E-state index is 10.1. The molecule has 0 saturated carbocycles. The Labute approximate surface area is 57.5 Å². The molecule has 1 aromatic heterocycles. The van der Waals surface area contributed by atoms with E-state index < -0.39 is 4.92 Å². The Kier molecular flexibility index (Phi) is 1.53. The van der Waals surface area contributed by atoms with Gasteiger partial charge in [-0.3, -0.25) is 10.1 Å². The van der Waals surface area contributed by atoms with Crippen LogP contribution in [-0.2, 0) is 0 Å². The Hall–Kier alpha value is -1.58. The van der Waals surface area contributed by atoms with Crippen molar-refractivity contribution in [3.05, 3.63) is 35.2 Å². The predicted molar refractivity (Wildman–Crippen MR) is 37.5 cm³/mol. The third-order valence-electron chi connectivity index (χ3n) is 1.12. The van der Waals surface area contributed by atoms with Gasteiger partial charge in [-0.1, -0.05) is 6.58 Å². The maximum absolute atomic E-state index is 10.1. The van der Waals surface area contributed by atoms with Gasteiger partial charge >= 0.3 is 0 Å². The molecule has 1 aromatic rings. The molecular weight excluding hydrogens is 132 g/mol. The summed E-state index contributed by atoms with van der Waals surface area (Å²) in [6.07, 6.45) is 4.46. The molecule has 0 aliphatic carbocycles. The molecule has 0 aliphatic heterocycles. The quantitative estimate of drug-likeness (QED) is 0.459. The second-order valence-corrected chi connectivity index (χ2v) is 1.76. The van der Waals surface area contributed by atoms with Gasteiger partial charge in [0.1, 0.15) is 0 Å². The first kappa shape index (κ1) is 6.54. The van der Waals surface area contributed by atoms with Crippen molar-refractivity contribution in [3.63, 3.8) is 0 Å². The lowest BCUT2D eigenvalue weighted by atomic mass is 10.6. The Balaban J connectivity index is 2.98. The van der Waals surface area contributed by atoms with Crippen LogP contribution in [0.5, 0.6) is 0 Å². The fourth-order valence-electron chi connectivity index (χ4n) is 0.623. The van der Waals surface area contributed by atoms with Gasteiger partial charge in [0.25, 0.3) is 5.69 Å². The maximum Gasteiger partial charge on any atom is 0.287 e. The largest absolute Gasteiger partial charge is 0.324 e. The summed E-state index contributed by atoms with van der Waals surface area (Å²) in [5, 5.41) is 10.1. The molecule has 4 heteroatoms. The van der Waals surface area contributed by atoms with Crippen molar-refractivity contribution in [1.82, 2.24) is 4.57 Å². The lowest BCUT2D eigenvalue weighted by Crippen LogP contribution is -1.84.